The largest absolute Gasteiger partial charge is 0.490 e. The lowest BCUT2D eigenvalue weighted by atomic mass is 9.91. The fourth-order valence-corrected chi connectivity index (χ4v) is 1.39. The Morgan fingerprint density at radius 3 is 2.56 bits per heavy atom. The molecule has 1 heterocycles. The van der Waals surface area contributed by atoms with Gasteiger partial charge < -0.3 is 4.74 Å². The van der Waals surface area contributed by atoms with E-state index < -0.39 is 0 Å². The molecule has 0 aromatic carbocycles. The van der Waals surface area contributed by atoms with Crippen molar-refractivity contribution in [1.29, 1.82) is 5.26 Å². The van der Waals surface area contributed by atoms with Gasteiger partial charge in [0.1, 0.15) is 17.5 Å². The van der Waals surface area contributed by atoms with E-state index in [0.717, 1.165) is 24.3 Å². The third-order valence-electron chi connectivity index (χ3n) is 2.51. The molecule has 3 nitrogen and oxygen atoms in total. The van der Waals surface area contributed by atoms with Crippen molar-refractivity contribution in [3.63, 3.8) is 0 Å². The molecule has 2 rings (SSSR count). The molecular weight excluding hydrogens is 200 g/mol. The van der Waals surface area contributed by atoms with Gasteiger partial charge in [0.2, 0.25) is 0 Å². The van der Waals surface area contributed by atoms with Crippen LogP contribution >= 0.6 is 0 Å². The molecule has 1 saturated carbocycles. The van der Waals surface area contributed by atoms with E-state index >= 15 is 0 Å². The minimum Gasteiger partial charge on any atom is -0.490 e. The van der Waals surface area contributed by atoms with Crippen molar-refractivity contribution in [2.45, 2.75) is 45.1 Å². The Morgan fingerprint density at radius 2 is 2.06 bits per heavy atom. The number of aromatic nitrogens is 1. The maximum Gasteiger partial charge on any atom is 0.144 e. The van der Waals surface area contributed by atoms with Gasteiger partial charge in [-0.3, -0.25) is 0 Å². The average molecular weight is 216 g/mol. The second-order valence-corrected chi connectivity index (χ2v) is 5.25. The second kappa shape index (κ2) is 3.79. The van der Waals surface area contributed by atoms with Crippen molar-refractivity contribution < 1.29 is 4.74 Å². The Hall–Kier alpha value is -1.56. The number of pyridine rings is 1. The number of rotatable bonds is 2. The van der Waals surface area contributed by atoms with E-state index in [9.17, 15) is 0 Å². The molecule has 1 aromatic rings. The van der Waals surface area contributed by atoms with Gasteiger partial charge in [0.05, 0.1) is 11.8 Å². The first-order valence-electron chi connectivity index (χ1n) is 5.58. The molecule has 0 N–H and O–H groups in total. The highest BCUT2D eigenvalue weighted by Gasteiger charge is 2.25. The molecule has 1 aliphatic rings. The van der Waals surface area contributed by atoms with Gasteiger partial charge in [-0.05, 0) is 12.8 Å². The van der Waals surface area contributed by atoms with Gasteiger partial charge in [-0.1, -0.05) is 20.8 Å². The normalized spacial score (nSPS) is 15.6. The summed E-state index contributed by atoms with van der Waals surface area (Å²) in [6.45, 7) is 6.24. The van der Waals surface area contributed by atoms with Gasteiger partial charge in [0.25, 0.3) is 0 Å². The maximum absolute atomic E-state index is 8.93. The van der Waals surface area contributed by atoms with Crippen LogP contribution in [0.2, 0.25) is 0 Å². The van der Waals surface area contributed by atoms with Crippen LogP contribution in [0, 0.1) is 11.3 Å². The van der Waals surface area contributed by atoms with Gasteiger partial charge in [-0.2, -0.15) is 5.26 Å². The quantitative estimate of drug-likeness (QED) is 0.763. The molecule has 1 fully saturated rings. The highest BCUT2D eigenvalue weighted by atomic mass is 16.5. The fourth-order valence-electron chi connectivity index (χ4n) is 1.39. The standard InChI is InChI=1S/C13H16N2O/c1-13(2,3)12-7-11(16-10-4-5-10)6-9(8-14)15-12/h6-7,10H,4-5H2,1-3H3. The summed E-state index contributed by atoms with van der Waals surface area (Å²) >= 11 is 0. The zero-order chi connectivity index (χ0) is 11.8. The van der Waals surface area contributed by atoms with E-state index in [-0.39, 0.29) is 5.41 Å². The summed E-state index contributed by atoms with van der Waals surface area (Å²) in [5, 5.41) is 8.93. The summed E-state index contributed by atoms with van der Waals surface area (Å²) < 4.78 is 5.71. The molecule has 0 aliphatic heterocycles. The molecule has 1 aliphatic carbocycles. The summed E-state index contributed by atoms with van der Waals surface area (Å²) in [6.07, 6.45) is 2.59. The molecular formula is C13H16N2O. The van der Waals surface area contributed by atoms with E-state index in [1.54, 1.807) is 6.07 Å². The van der Waals surface area contributed by atoms with Gasteiger partial charge >= 0.3 is 0 Å². The Morgan fingerprint density at radius 1 is 1.38 bits per heavy atom. The number of hydrogen-bond acceptors (Lipinski definition) is 3. The Kier molecular flexibility index (Phi) is 2.59. The van der Waals surface area contributed by atoms with Crippen LogP contribution in [-0.4, -0.2) is 11.1 Å². The fraction of sp³-hybridized carbons (Fsp3) is 0.538. The Bertz CT molecular complexity index is 436. The summed E-state index contributed by atoms with van der Waals surface area (Å²) in [7, 11) is 0. The zero-order valence-corrected chi connectivity index (χ0v) is 9.95. The van der Waals surface area contributed by atoms with Gasteiger partial charge in [0.15, 0.2) is 0 Å². The lowest BCUT2D eigenvalue weighted by Crippen LogP contribution is -2.14. The molecule has 16 heavy (non-hydrogen) atoms. The van der Waals surface area contributed by atoms with Crippen LogP contribution in [0.4, 0.5) is 0 Å². The van der Waals surface area contributed by atoms with Crippen LogP contribution in [0.1, 0.15) is 45.0 Å². The first-order valence-corrected chi connectivity index (χ1v) is 5.58. The van der Waals surface area contributed by atoms with Crippen molar-refractivity contribution in [3.8, 4) is 11.8 Å². The maximum atomic E-state index is 8.93. The van der Waals surface area contributed by atoms with Crippen molar-refractivity contribution in [3.05, 3.63) is 23.5 Å². The molecule has 0 saturated heterocycles. The van der Waals surface area contributed by atoms with Gasteiger partial charge in [0, 0.05) is 17.5 Å². The van der Waals surface area contributed by atoms with Crippen molar-refractivity contribution in [2.24, 2.45) is 0 Å². The summed E-state index contributed by atoms with van der Waals surface area (Å²) in [4.78, 5) is 4.31. The van der Waals surface area contributed by atoms with Crippen LogP contribution in [-0.2, 0) is 5.41 Å². The molecule has 0 atom stereocenters. The number of nitrogens with zero attached hydrogens (tertiary/aromatic N) is 2. The first kappa shape index (κ1) is 10.9. The van der Waals surface area contributed by atoms with Crippen LogP contribution in [0.3, 0.4) is 0 Å². The lowest BCUT2D eigenvalue weighted by Gasteiger charge is -2.18. The summed E-state index contributed by atoms with van der Waals surface area (Å²) in [5.41, 5.74) is 1.28. The van der Waals surface area contributed by atoms with Crippen LogP contribution in [0.15, 0.2) is 12.1 Å². The molecule has 0 amide bonds. The average Bonchev–Trinajstić information content (AvgIpc) is 3.00. The minimum absolute atomic E-state index is 0.0610. The predicted molar refractivity (Wildman–Crippen MR) is 61.3 cm³/mol. The number of hydrogen-bond donors (Lipinski definition) is 0. The van der Waals surface area contributed by atoms with Crippen LogP contribution in [0.5, 0.6) is 5.75 Å². The van der Waals surface area contributed by atoms with Crippen molar-refractivity contribution in [1.82, 2.24) is 4.98 Å². The van der Waals surface area contributed by atoms with E-state index in [1.165, 1.54) is 0 Å². The number of nitriles is 1. The third-order valence-corrected chi connectivity index (χ3v) is 2.51. The highest BCUT2D eigenvalue weighted by molar-refractivity contribution is 5.35. The smallest absolute Gasteiger partial charge is 0.144 e. The number of ether oxygens (including phenoxy) is 1. The second-order valence-electron chi connectivity index (χ2n) is 5.25. The van der Waals surface area contributed by atoms with Gasteiger partial charge in [-0.15, -0.1) is 0 Å². The Balaban J connectivity index is 2.34. The predicted octanol–water partition coefficient (Wildman–Crippen LogP) is 2.79. The summed E-state index contributed by atoms with van der Waals surface area (Å²) in [5.74, 6) is 0.777. The third kappa shape index (κ3) is 2.52. The molecule has 84 valence electrons. The molecule has 0 spiro atoms. The topological polar surface area (TPSA) is 45.9 Å². The first-order chi connectivity index (χ1) is 7.49. The van der Waals surface area contributed by atoms with Crippen LogP contribution < -0.4 is 4.74 Å². The van der Waals surface area contributed by atoms with E-state index in [0.29, 0.717) is 11.8 Å². The molecule has 0 unspecified atom stereocenters. The van der Waals surface area contributed by atoms with E-state index in [4.69, 9.17) is 10.00 Å². The molecule has 1 aromatic heterocycles. The highest BCUT2D eigenvalue weighted by Crippen LogP contribution is 2.30. The van der Waals surface area contributed by atoms with Crippen molar-refractivity contribution >= 4 is 0 Å². The molecule has 0 bridgehead atoms. The van der Waals surface area contributed by atoms with E-state index in [2.05, 4.69) is 31.8 Å². The Labute approximate surface area is 96.1 Å². The van der Waals surface area contributed by atoms with Crippen molar-refractivity contribution in [2.75, 3.05) is 0 Å². The van der Waals surface area contributed by atoms with Gasteiger partial charge in [-0.25, -0.2) is 4.98 Å². The van der Waals surface area contributed by atoms with Crippen LogP contribution in [0.25, 0.3) is 0 Å². The lowest BCUT2D eigenvalue weighted by molar-refractivity contribution is 0.301. The monoisotopic (exact) mass is 216 g/mol. The SMILES string of the molecule is CC(C)(C)c1cc(OC2CC2)cc(C#N)n1. The zero-order valence-electron chi connectivity index (χ0n) is 9.95. The molecule has 3 heteroatoms. The molecule has 0 radical (unpaired) electrons. The van der Waals surface area contributed by atoms with E-state index in [1.807, 2.05) is 6.07 Å². The minimum atomic E-state index is -0.0610. The summed E-state index contributed by atoms with van der Waals surface area (Å²) in [6, 6.07) is 5.74.